The van der Waals surface area contributed by atoms with Gasteiger partial charge in [0.25, 0.3) is 5.82 Å². The molecule has 1 aromatic heterocycles. The predicted octanol–water partition coefficient (Wildman–Crippen LogP) is 10.1. The van der Waals surface area contributed by atoms with E-state index >= 15 is 0 Å². The van der Waals surface area contributed by atoms with Gasteiger partial charge in [-0.25, -0.2) is 4.57 Å². The summed E-state index contributed by atoms with van der Waals surface area (Å²) in [5, 5.41) is 0. The first-order valence-electron chi connectivity index (χ1n) is 15.5. The Morgan fingerprint density at radius 3 is 1.51 bits per heavy atom. The summed E-state index contributed by atoms with van der Waals surface area (Å²) < 4.78 is 4.98. The third kappa shape index (κ3) is 13.3. The van der Waals surface area contributed by atoms with Crippen LogP contribution in [0.15, 0.2) is 42.7 Å². The van der Waals surface area contributed by atoms with Crippen molar-refractivity contribution in [3.63, 3.8) is 0 Å². The molecular weight excluding hydrogens is 424 g/mol. The summed E-state index contributed by atoms with van der Waals surface area (Å²) in [4.78, 5) is 0. The molecule has 0 N–H and O–H groups in total. The molecule has 0 amide bonds. The minimum absolute atomic E-state index is 1.17. The Bertz CT molecular complexity index is 718. The molecule has 0 aliphatic rings. The summed E-state index contributed by atoms with van der Waals surface area (Å²) in [6.07, 6.45) is 33.9. The van der Waals surface area contributed by atoms with Gasteiger partial charge in [-0.3, -0.25) is 0 Å². The van der Waals surface area contributed by atoms with Crippen LogP contribution in [-0.4, -0.2) is 4.57 Å². The molecule has 2 heteroatoms. The van der Waals surface area contributed by atoms with Crippen LogP contribution < -0.4 is 4.57 Å². The molecule has 0 bridgehead atoms. The number of aryl methyl sites for hydroxylation is 1. The normalized spacial score (nSPS) is 11.4. The van der Waals surface area contributed by atoms with E-state index < -0.39 is 0 Å². The average Bonchev–Trinajstić information content (AvgIpc) is 3.29. The van der Waals surface area contributed by atoms with Gasteiger partial charge in [-0.1, -0.05) is 141 Å². The van der Waals surface area contributed by atoms with Crippen molar-refractivity contribution in [1.82, 2.24) is 4.57 Å². The van der Waals surface area contributed by atoms with Gasteiger partial charge in [-0.15, -0.1) is 0 Å². The molecule has 35 heavy (non-hydrogen) atoms. The summed E-state index contributed by atoms with van der Waals surface area (Å²) >= 11 is 0. The number of para-hydroxylation sites is 1. The summed E-state index contributed by atoms with van der Waals surface area (Å²) in [6, 6.07) is 10.9. The van der Waals surface area contributed by atoms with Crippen LogP contribution in [0.4, 0.5) is 0 Å². The second-order valence-corrected chi connectivity index (χ2v) is 10.7. The lowest BCUT2D eigenvalue weighted by Crippen LogP contribution is -2.37. The zero-order valence-corrected chi connectivity index (χ0v) is 23.5. The van der Waals surface area contributed by atoms with Crippen LogP contribution in [0.3, 0.4) is 0 Å². The van der Waals surface area contributed by atoms with Crippen molar-refractivity contribution in [3.05, 3.63) is 48.5 Å². The fourth-order valence-corrected chi connectivity index (χ4v) is 5.29. The minimum atomic E-state index is 1.17. The Labute approximate surface area is 218 Å². The molecule has 1 aromatic carbocycles. The molecule has 2 aromatic rings. The maximum Gasteiger partial charge on any atom is 0.261 e. The largest absolute Gasteiger partial charge is 0.261 e. The quantitative estimate of drug-likeness (QED) is 0.110. The van der Waals surface area contributed by atoms with Crippen LogP contribution in [0.2, 0.25) is 0 Å². The lowest BCUT2D eigenvalue weighted by molar-refractivity contribution is -0.704. The van der Waals surface area contributed by atoms with E-state index in [0.717, 1.165) is 0 Å². The van der Waals surface area contributed by atoms with E-state index in [1.54, 1.807) is 0 Å². The molecule has 0 fully saturated rings. The van der Waals surface area contributed by atoms with E-state index in [-0.39, 0.29) is 0 Å². The van der Waals surface area contributed by atoms with Crippen molar-refractivity contribution < 1.29 is 4.57 Å². The SMILES string of the molecule is CCCCCCCCCCCCC[n+]1ccn(-c2ccccc2)c1CCCCCCCCCCC. The van der Waals surface area contributed by atoms with Gasteiger partial charge < -0.3 is 0 Å². The number of nitrogens with zero attached hydrogens (tertiary/aromatic N) is 2. The zero-order valence-electron chi connectivity index (χ0n) is 23.5. The predicted molar refractivity (Wildman–Crippen MR) is 153 cm³/mol. The summed E-state index contributed by atoms with van der Waals surface area (Å²) in [6.45, 7) is 5.77. The van der Waals surface area contributed by atoms with Gasteiger partial charge in [0.15, 0.2) is 0 Å². The van der Waals surface area contributed by atoms with E-state index in [1.165, 1.54) is 153 Å². The Morgan fingerprint density at radius 2 is 1.00 bits per heavy atom. The number of benzene rings is 1. The monoisotopic (exact) mass is 481 g/mol. The Kier molecular flexibility index (Phi) is 17.5. The Morgan fingerprint density at radius 1 is 0.543 bits per heavy atom. The van der Waals surface area contributed by atoms with E-state index in [1.807, 2.05) is 0 Å². The maximum absolute atomic E-state index is 2.55. The van der Waals surface area contributed by atoms with Gasteiger partial charge in [0.05, 0.1) is 6.54 Å². The standard InChI is InChI=1S/C33H57N2/c1-3-5-7-9-11-13-14-16-18-20-25-29-34-30-31-35(32-26-22-21-23-27-32)33(34)28-24-19-17-15-12-10-8-6-4-2/h21-23,26-27,30-31H,3-20,24-25,28-29H2,1-2H3/q+1. The first kappa shape index (κ1) is 29.7. The summed E-state index contributed by atoms with van der Waals surface area (Å²) in [5.41, 5.74) is 1.30. The van der Waals surface area contributed by atoms with Gasteiger partial charge in [0.1, 0.15) is 18.1 Å². The smallest absolute Gasteiger partial charge is 0.234 e. The van der Waals surface area contributed by atoms with Crippen LogP contribution in [0, 0.1) is 0 Å². The third-order valence-corrected chi connectivity index (χ3v) is 7.55. The molecule has 198 valence electrons. The van der Waals surface area contributed by atoms with Gasteiger partial charge in [-0.2, -0.15) is 4.57 Å². The van der Waals surface area contributed by atoms with Crippen molar-refractivity contribution in [2.24, 2.45) is 0 Å². The molecule has 0 unspecified atom stereocenters. The van der Waals surface area contributed by atoms with Crippen molar-refractivity contribution in [2.45, 2.75) is 155 Å². The second kappa shape index (κ2) is 20.6. The van der Waals surface area contributed by atoms with Crippen molar-refractivity contribution in [2.75, 3.05) is 0 Å². The molecule has 0 saturated heterocycles. The molecule has 2 rings (SSSR count). The van der Waals surface area contributed by atoms with Crippen LogP contribution in [0.5, 0.6) is 0 Å². The molecule has 0 radical (unpaired) electrons. The second-order valence-electron chi connectivity index (χ2n) is 10.7. The zero-order chi connectivity index (χ0) is 24.8. The van der Waals surface area contributed by atoms with E-state index in [9.17, 15) is 0 Å². The topological polar surface area (TPSA) is 8.81 Å². The lowest BCUT2D eigenvalue weighted by atomic mass is 10.1. The van der Waals surface area contributed by atoms with Crippen molar-refractivity contribution >= 4 is 0 Å². The van der Waals surface area contributed by atoms with Crippen LogP contribution in [0.1, 0.15) is 148 Å². The average molecular weight is 482 g/mol. The number of hydrogen-bond donors (Lipinski definition) is 0. The van der Waals surface area contributed by atoms with E-state index in [0.29, 0.717) is 0 Å². The fraction of sp³-hybridized carbons (Fsp3) is 0.727. The van der Waals surface area contributed by atoms with Gasteiger partial charge >= 0.3 is 0 Å². The molecular formula is C33H57N2+. The highest BCUT2D eigenvalue weighted by atomic mass is 15.1. The van der Waals surface area contributed by atoms with Crippen LogP contribution >= 0.6 is 0 Å². The number of hydrogen-bond acceptors (Lipinski definition) is 0. The molecule has 0 saturated carbocycles. The highest BCUT2D eigenvalue weighted by Gasteiger charge is 2.18. The Hall–Kier alpha value is -1.57. The first-order valence-corrected chi connectivity index (χ1v) is 15.5. The third-order valence-electron chi connectivity index (χ3n) is 7.55. The molecule has 0 aliphatic heterocycles. The molecule has 0 spiro atoms. The maximum atomic E-state index is 2.55. The van der Waals surface area contributed by atoms with Crippen molar-refractivity contribution in [3.8, 4) is 5.69 Å². The fourth-order valence-electron chi connectivity index (χ4n) is 5.29. The van der Waals surface area contributed by atoms with Crippen LogP contribution in [-0.2, 0) is 13.0 Å². The number of rotatable bonds is 23. The van der Waals surface area contributed by atoms with E-state index in [4.69, 9.17) is 0 Å². The summed E-state index contributed by atoms with van der Waals surface area (Å²) in [5.74, 6) is 1.49. The number of unbranched alkanes of at least 4 members (excludes halogenated alkanes) is 18. The Balaban J connectivity index is 1.70. The molecule has 0 aliphatic carbocycles. The number of imidazole rings is 1. The van der Waals surface area contributed by atoms with Crippen LogP contribution in [0.25, 0.3) is 5.69 Å². The number of aromatic nitrogens is 2. The lowest BCUT2D eigenvalue weighted by Gasteiger charge is -2.07. The van der Waals surface area contributed by atoms with Gasteiger partial charge in [0.2, 0.25) is 0 Å². The van der Waals surface area contributed by atoms with Gasteiger partial charge in [-0.05, 0) is 31.4 Å². The summed E-state index contributed by atoms with van der Waals surface area (Å²) in [7, 11) is 0. The first-order chi connectivity index (χ1) is 17.4. The molecule has 1 heterocycles. The molecule has 0 atom stereocenters. The van der Waals surface area contributed by atoms with Gasteiger partial charge in [0, 0.05) is 6.42 Å². The molecule has 2 nitrogen and oxygen atoms in total. The van der Waals surface area contributed by atoms with Crippen molar-refractivity contribution in [1.29, 1.82) is 0 Å². The highest BCUT2D eigenvalue weighted by molar-refractivity contribution is 5.31. The highest BCUT2D eigenvalue weighted by Crippen LogP contribution is 2.15. The minimum Gasteiger partial charge on any atom is -0.234 e. The van der Waals surface area contributed by atoms with E-state index in [2.05, 4.69) is 65.7 Å².